The van der Waals surface area contributed by atoms with E-state index in [2.05, 4.69) is 6.92 Å². The van der Waals surface area contributed by atoms with Crippen molar-refractivity contribution in [3.05, 3.63) is 35.9 Å². The van der Waals surface area contributed by atoms with E-state index in [1.807, 2.05) is 30.3 Å². The lowest BCUT2D eigenvalue weighted by Gasteiger charge is -2.14. The predicted molar refractivity (Wildman–Crippen MR) is 79.6 cm³/mol. The number of carbonyl (C=O) groups is 1. The van der Waals surface area contributed by atoms with Gasteiger partial charge in [-0.2, -0.15) is 0 Å². The van der Waals surface area contributed by atoms with Crippen LogP contribution in [0.1, 0.15) is 62.2 Å². The molecule has 1 aromatic rings. The van der Waals surface area contributed by atoms with Crippen LogP contribution in [0, 0.1) is 0 Å². The molecule has 0 amide bonds. The number of ketones is 1. The van der Waals surface area contributed by atoms with Crippen LogP contribution in [-0.4, -0.2) is 19.0 Å². The van der Waals surface area contributed by atoms with Crippen molar-refractivity contribution in [1.82, 2.24) is 0 Å². The number of unbranched alkanes of at least 4 members (excludes halogenated alkanes) is 5. The predicted octanol–water partition coefficient (Wildman–Crippen LogP) is 4.63. The molecule has 1 unspecified atom stereocenters. The zero-order valence-electron chi connectivity index (χ0n) is 12.2. The van der Waals surface area contributed by atoms with Gasteiger partial charge in [0.1, 0.15) is 6.10 Å². The van der Waals surface area contributed by atoms with Crippen molar-refractivity contribution >= 4 is 5.78 Å². The van der Waals surface area contributed by atoms with Crippen LogP contribution >= 0.6 is 0 Å². The molecule has 0 saturated heterocycles. The standard InChI is InChI=1S/C17H26O2/c1-3-4-5-6-7-11-14-16(19-2)17(18)15-12-9-8-10-13-15/h8-10,12-13,16H,3-7,11,14H2,1-2H3. The van der Waals surface area contributed by atoms with Crippen LogP contribution < -0.4 is 0 Å². The molecule has 0 radical (unpaired) electrons. The van der Waals surface area contributed by atoms with E-state index in [0.717, 1.165) is 18.4 Å². The van der Waals surface area contributed by atoms with E-state index in [-0.39, 0.29) is 11.9 Å². The Labute approximate surface area is 117 Å². The Morgan fingerprint density at radius 1 is 1.05 bits per heavy atom. The summed E-state index contributed by atoms with van der Waals surface area (Å²) in [5.74, 6) is 0.108. The van der Waals surface area contributed by atoms with E-state index in [1.165, 1.54) is 32.1 Å². The van der Waals surface area contributed by atoms with Crippen LogP contribution in [0.25, 0.3) is 0 Å². The summed E-state index contributed by atoms with van der Waals surface area (Å²) in [4.78, 5) is 12.2. The van der Waals surface area contributed by atoms with Crippen molar-refractivity contribution in [2.45, 2.75) is 58.0 Å². The minimum Gasteiger partial charge on any atom is -0.373 e. The summed E-state index contributed by atoms with van der Waals surface area (Å²) in [6.45, 7) is 2.22. The lowest BCUT2D eigenvalue weighted by atomic mass is 10.0. The number of ether oxygens (including phenoxy) is 1. The fourth-order valence-corrected chi connectivity index (χ4v) is 2.25. The summed E-state index contributed by atoms with van der Waals surface area (Å²) in [5, 5.41) is 0. The Morgan fingerprint density at radius 2 is 1.68 bits per heavy atom. The molecule has 1 aromatic carbocycles. The van der Waals surface area contributed by atoms with E-state index in [1.54, 1.807) is 7.11 Å². The highest BCUT2D eigenvalue weighted by molar-refractivity contribution is 5.99. The molecular formula is C17H26O2. The molecule has 0 N–H and O–H groups in total. The summed E-state index contributed by atoms with van der Waals surface area (Å²) in [6, 6.07) is 9.42. The van der Waals surface area contributed by atoms with Gasteiger partial charge in [-0.25, -0.2) is 0 Å². The Hall–Kier alpha value is -1.15. The molecule has 2 heteroatoms. The molecule has 0 aromatic heterocycles. The maximum absolute atomic E-state index is 12.2. The number of hydrogen-bond donors (Lipinski definition) is 0. The Bertz CT molecular complexity index is 346. The molecule has 2 nitrogen and oxygen atoms in total. The Balaban J connectivity index is 2.31. The van der Waals surface area contributed by atoms with Gasteiger partial charge in [-0.1, -0.05) is 75.8 Å². The van der Waals surface area contributed by atoms with Gasteiger partial charge >= 0.3 is 0 Å². The van der Waals surface area contributed by atoms with Gasteiger partial charge in [0.25, 0.3) is 0 Å². The molecule has 0 saturated carbocycles. The molecule has 1 rings (SSSR count). The van der Waals surface area contributed by atoms with Gasteiger partial charge in [-0.3, -0.25) is 4.79 Å². The molecule has 1 atom stereocenters. The van der Waals surface area contributed by atoms with Crippen LogP contribution in [0.5, 0.6) is 0 Å². The zero-order valence-corrected chi connectivity index (χ0v) is 12.2. The van der Waals surface area contributed by atoms with Gasteiger partial charge < -0.3 is 4.74 Å². The summed E-state index contributed by atoms with van der Waals surface area (Å²) < 4.78 is 5.34. The van der Waals surface area contributed by atoms with Gasteiger partial charge in [0.15, 0.2) is 5.78 Å². The summed E-state index contributed by atoms with van der Waals surface area (Å²) in [5.41, 5.74) is 0.750. The van der Waals surface area contributed by atoms with Crippen LogP contribution in [0.4, 0.5) is 0 Å². The van der Waals surface area contributed by atoms with Crippen molar-refractivity contribution in [2.24, 2.45) is 0 Å². The lowest BCUT2D eigenvalue weighted by Crippen LogP contribution is -2.23. The summed E-state index contributed by atoms with van der Waals surface area (Å²) in [7, 11) is 1.63. The van der Waals surface area contributed by atoms with Crippen molar-refractivity contribution in [3.63, 3.8) is 0 Å². The molecule has 0 aliphatic heterocycles. The highest BCUT2D eigenvalue weighted by Gasteiger charge is 2.18. The van der Waals surface area contributed by atoms with Gasteiger partial charge in [0, 0.05) is 12.7 Å². The largest absolute Gasteiger partial charge is 0.373 e. The quantitative estimate of drug-likeness (QED) is 0.454. The van der Waals surface area contributed by atoms with Crippen LogP contribution in [0.15, 0.2) is 30.3 Å². The first kappa shape index (κ1) is 15.9. The first-order valence-corrected chi connectivity index (χ1v) is 7.41. The van der Waals surface area contributed by atoms with Crippen LogP contribution in [0.3, 0.4) is 0 Å². The Kier molecular flexibility index (Phi) is 8.15. The van der Waals surface area contributed by atoms with E-state index < -0.39 is 0 Å². The Morgan fingerprint density at radius 3 is 2.32 bits per heavy atom. The lowest BCUT2D eigenvalue weighted by molar-refractivity contribution is 0.0572. The number of Topliss-reactive ketones (excluding diaryl/α,β-unsaturated/α-hetero) is 1. The van der Waals surface area contributed by atoms with E-state index in [9.17, 15) is 4.79 Å². The SMILES string of the molecule is CCCCCCCCC(OC)C(=O)c1ccccc1. The summed E-state index contributed by atoms with van der Waals surface area (Å²) in [6.07, 6.45) is 7.97. The van der Waals surface area contributed by atoms with Gasteiger partial charge in [0.2, 0.25) is 0 Å². The molecule has 0 bridgehead atoms. The van der Waals surface area contributed by atoms with E-state index >= 15 is 0 Å². The third-order valence-corrected chi connectivity index (χ3v) is 3.46. The van der Waals surface area contributed by atoms with Gasteiger partial charge in [0.05, 0.1) is 0 Å². The van der Waals surface area contributed by atoms with Crippen LogP contribution in [0.2, 0.25) is 0 Å². The normalized spacial score (nSPS) is 12.3. The van der Waals surface area contributed by atoms with Crippen molar-refractivity contribution in [1.29, 1.82) is 0 Å². The third-order valence-electron chi connectivity index (χ3n) is 3.46. The van der Waals surface area contributed by atoms with Crippen molar-refractivity contribution < 1.29 is 9.53 Å². The second-order valence-corrected chi connectivity index (χ2v) is 5.01. The highest BCUT2D eigenvalue weighted by atomic mass is 16.5. The molecule has 0 aliphatic carbocycles. The zero-order chi connectivity index (χ0) is 13.9. The summed E-state index contributed by atoms with van der Waals surface area (Å²) >= 11 is 0. The van der Waals surface area contributed by atoms with Crippen molar-refractivity contribution in [2.75, 3.05) is 7.11 Å². The highest BCUT2D eigenvalue weighted by Crippen LogP contribution is 2.14. The number of carbonyl (C=O) groups excluding carboxylic acids is 1. The van der Waals surface area contributed by atoms with Gasteiger partial charge in [-0.15, -0.1) is 0 Å². The van der Waals surface area contributed by atoms with E-state index in [4.69, 9.17) is 4.74 Å². The number of benzene rings is 1. The van der Waals surface area contributed by atoms with Crippen LogP contribution in [-0.2, 0) is 4.74 Å². The number of rotatable bonds is 10. The number of methoxy groups -OCH3 is 1. The monoisotopic (exact) mass is 262 g/mol. The molecule has 106 valence electrons. The first-order chi connectivity index (χ1) is 9.29. The molecule has 0 heterocycles. The third kappa shape index (κ3) is 6.02. The minimum absolute atomic E-state index is 0.108. The fraction of sp³-hybridized carbons (Fsp3) is 0.588. The smallest absolute Gasteiger partial charge is 0.191 e. The van der Waals surface area contributed by atoms with Crippen molar-refractivity contribution in [3.8, 4) is 0 Å². The molecule has 0 spiro atoms. The topological polar surface area (TPSA) is 26.3 Å². The molecule has 19 heavy (non-hydrogen) atoms. The minimum atomic E-state index is -0.284. The maximum Gasteiger partial charge on any atom is 0.191 e. The fourth-order valence-electron chi connectivity index (χ4n) is 2.25. The first-order valence-electron chi connectivity index (χ1n) is 7.41. The van der Waals surface area contributed by atoms with E-state index in [0.29, 0.717) is 0 Å². The van der Waals surface area contributed by atoms with Gasteiger partial charge in [-0.05, 0) is 6.42 Å². The second-order valence-electron chi connectivity index (χ2n) is 5.01. The average Bonchev–Trinajstić information content (AvgIpc) is 2.47. The second kappa shape index (κ2) is 9.74. The molecule has 0 fully saturated rings. The molecule has 0 aliphatic rings. The number of hydrogen-bond acceptors (Lipinski definition) is 2. The molecular weight excluding hydrogens is 236 g/mol. The average molecular weight is 262 g/mol. The maximum atomic E-state index is 12.2.